The van der Waals surface area contributed by atoms with Gasteiger partial charge in [-0.25, -0.2) is 4.98 Å². The standard InChI is InChI=1S/C15H21BrN4O2/c16-13-8-12-10-20(11-14(21)18-15(12)17-9-13)3-1-2-19-4-6-22-7-5-19/h8-9H,1-7,10-11H2,(H,17,18,21). The van der Waals surface area contributed by atoms with Crippen LogP contribution < -0.4 is 5.32 Å². The van der Waals surface area contributed by atoms with Gasteiger partial charge in [0.15, 0.2) is 0 Å². The first-order valence-corrected chi connectivity index (χ1v) is 8.47. The van der Waals surface area contributed by atoms with Gasteiger partial charge in [0.1, 0.15) is 5.82 Å². The molecule has 2 aliphatic rings. The lowest BCUT2D eigenvalue weighted by Crippen LogP contribution is -2.38. The van der Waals surface area contributed by atoms with Crippen LogP contribution in [0, 0.1) is 0 Å². The van der Waals surface area contributed by atoms with Crippen LogP contribution in [0.4, 0.5) is 5.82 Å². The lowest BCUT2D eigenvalue weighted by atomic mass is 10.2. The summed E-state index contributed by atoms with van der Waals surface area (Å²) in [5.74, 6) is 0.698. The zero-order chi connectivity index (χ0) is 15.4. The van der Waals surface area contributed by atoms with Gasteiger partial charge in [-0.2, -0.15) is 0 Å². The van der Waals surface area contributed by atoms with Crippen LogP contribution in [0.3, 0.4) is 0 Å². The maximum Gasteiger partial charge on any atom is 0.239 e. The van der Waals surface area contributed by atoms with E-state index in [4.69, 9.17) is 4.74 Å². The van der Waals surface area contributed by atoms with Crippen LogP contribution in [0.2, 0.25) is 0 Å². The average Bonchev–Trinajstić information content (AvgIpc) is 2.66. The maximum absolute atomic E-state index is 12.0. The third-order valence-electron chi connectivity index (χ3n) is 4.00. The molecule has 3 heterocycles. The molecule has 2 aliphatic heterocycles. The number of hydrogen-bond acceptors (Lipinski definition) is 5. The molecule has 120 valence electrons. The van der Waals surface area contributed by atoms with Crippen LogP contribution >= 0.6 is 15.9 Å². The summed E-state index contributed by atoms with van der Waals surface area (Å²) in [6.45, 7) is 6.85. The predicted molar refractivity (Wildman–Crippen MR) is 87.7 cm³/mol. The summed E-state index contributed by atoms with van der Waals surface area (Å²) in [4.78, 5) is 20.9. The summed E-state index contributed by atoms with van der Waals surface area (Å²) in [7, 11) is 0. The van der Waals surface area contributed by atoms with E-state index in [0.29, 0.717) is 12.4 Å². The third-order valence-corrected chi connectivity index (χ3v) is 4.44. The topological polar surface area (TPSA) is 57.7 Å². The van der Waals surface area contributed by atoms with Crippen LogP contribution in [0.25, 0.3) is 0 Å². The van der Waals surface area contributed by atoms with E-state index in [2.05, 4.69) is 36.0 Å². The summed E-state index contributed by atoms with van der Waals surface area (Å²) in [6.07, 6.45) is 2.78. The number of carbonyl (C=O) groups excluding carboxylic acids is 1. The first-order chi connectivity index (χ1) is 10.7. The molecule has 0 aliphatic carbocycles. The molecule has 1 aromatic heterocycles. The Balaban J connectivity index is 1.55. The normalized spacial score (nSPS) is 20.3. The van der Waals surface area contributed by atoms with Gasteiger partial charge in [-0.15, -0.1) is 0 Å². The molecule has 0 aromatic carbocycles. The van der Waals surface area contributed by atoms with E-state index >= 15 is 0 Å². The van der Waals surface area contributed by atoms with Gasteiger partial charge in [-0.3, -0.25) is 14.6 Å². The minimum Gasteiger partial charge on any atom is -0.379 e. The van der Waals surface area contributed by atoms with Crippen LogP contribution in [0.5, 0.6) is 0 Å². The molecule has 3 rings (SSSR count). The number of ether oxygens (including phenoxy) is 1. The smallest absolute Gasteiger partial charge is 0.239 e. The molecule has 0 spiro atoms. The Kier molecular flexibility index (Phi) is 5.41. The van der Waals surface area contributed by atoms with Gasteiger partial charge in [-0.05, 0) is 35.0 Å². The number of amides is 1. The van der Waals surface area contributed by atoms with E-state index < -0.39 is 0 Å². The van der Waals surface area contributed by atoms with Crippen molar-refractivity contribution in [1.29, 1.82) is 0 Å². The molecule has 1 aromatic rings. The first-order valence-electron chi connectivity index (χ1n) is 7.67. The number of pyridine rings is 1. The van der Waals surface area contributed by atoms with Crippen molar-refractivity contribution >= 4 is 27.7 Å². The van der Waals surface area contributed by atoms with Gasteiger partial charge in [0.25, 0.3) is 0 Å². The minimum absolute atomic E-state index is 0.0138. The second-order valence-electron chi connectivity index (χ2n) is 5.73. The second-order valence-corrected chi connectivity index (χ2v) is 6.64. The molecule has 7 heteroatoms. The Morgan fingerprint density at radius 1 is 1.23 bits per heavy atom. The lowest BCUT2D eigenvalue weighted by molar-refractivity contribution is -0.117. The summed E-state index contributed by atoms with van der Waals surface area (Å²) >= 11 is 3.44. The second kappa shape index (κ2) is 7.50. The molecule has 0 radical (unpaired) electrons. The largest absolute Gasteiger partial charge is 0.379 e. The average molecular weight is 369 g/mol. The SMILES string of the molecule is O=C1CN(CCCN2CCOCC2)Cc2cc(Br)cnc2N1. The van der Waals surface area contributed by atoms with Gasteiger partial charge in [0.2, 0.25) is 5.91 Å². The summed E-state index contributed by atoms with van der Waals surface area (Å²) in [6, 6.07) is 2.03. The molecule has 0 atom stereocenters. The highest BCUT2D eigenvalue weighted by Gasteiger charge is 2.20. The van der Waals surface area contributed by atoms with Crippen molar-refractivity contribution in [3.05, 3.63) is 22.3 Å². The molecule has 22 heavy (non-hydrogen) atoms. The first kappa shape index (κ1) is 15.9. The highest BCUT2D eigenvalue weighted by Crippen LogP contribution is 2.22. The van der Waals surface area contributed by atoms with E-state index in [1.165, 1.54) is 0 Å². The number of rotatable bonds is 4. The van der Waals surface area contributed by atoms with Crippen molar-refractivity contribution < 1.29 is 9.53 Å². The van der Waals surface area contributed by atoms with Gasteiger partial charge >= 0.3 is 0 Å². The van der Waals surface area contributed by atoms with Gasteiger partial charge in [-0.1, -0.05) is 0 Å². The molecular formula is C15H21BrN4O2. The highest BCUT2D eigenvalue weighted by atomic mass is 79.9. The van der Waals surface area contributed by atoms with Gasteiger partial charge in [0, 0.05) is 42.4 Å². The van der Waals surface area contributed by atoms with E-state index in [1.807, 2.05) is 6.07 Å². The molecule has 0 unspecified atom stereocenters. The van der Waals surface area contributed by atoms with Crippen LogP contribution in [-0.4, -0.2) is 66.6 Å². The molecule has 0 bridgehead atoms. The van der Waals surface area contributed by atoms with E-state index in [1.54, 1.807) is 6.20 Å². The fourth-order valence-corrected chi connectivity index (χ4v) is 3.27. The van der Waals surface area contributed by atoms with Crippen LogP contribution in [-0.2, 0) is 16.1 Å². The fraction of sp³-hybridized carbons (Fsp3) is 0.600. The number of hydrogen-bond donors (Lipinski definition) is 1. The quantitative estimate of drug-likeness (QED) is 0.868. The van der Waals surface area contributed by atoms with Crippen molar-refractivity contribution in [2.75, 3.05) is 51.3 Å². The molecule has 0 saturated carbocycles. The number of nitrogens with one attached hydrogen (secondary N) is 1. The Bertz CT molecular complexity index is 534. The monoisotopic (exact) mass is 368 g/mol. The lowest BCUT2D eigenvalue weighted by Gasteiger charge is -2.27. The van der Waals surface area contributed by atoms with Gasteiger partial charge in [0.05, 0.1) is 19.8 Å². The van der Waals surface area contributed by atoms with Crippen LogP contribution in [0.15, 0.2) is 16.7 Å². The summed E-state index contributed by atoms with van der Waals surface area (Å²) in [5, 5.41) is 2.88. The maximum atomic E-state index is 12.0. The number of carbonyl (C=O) groups is 1. The number of fused-ring (bicyclic) bond motifs is 1. The van der Waals surface area contributed by atoms with Gasteiger partial charge < -0.3 is 10.1 Å². The summed E-state index contributed by atoms with van der Waals surface area (Å²) in [5.41, 5.74) is 1.06. The minimum atomic E-state index is 0.0138. The van der Waals surface area contributed by atoms with Crippen molar-refractivity contribution in [2.24, 2.45) is 0 Å². The number of halogens is 1. The highest BCUT2D eigenvalue weighted by molar-refractivity contribution is 9.10. The molecule has 1 amide bonds. The predicted octanol–water partition coefficient (Wildman–Crippen LogP) is 1.32. The molecule has 6 nitrogen and oxygen atoms in total. The molecule has 1 N–H and O–H groups in total. The van der Waals surface area contributed by atoms with E-state index in [9.17, 15) is 4.79 Å². The Hall–Kier alpha value is -1.02. The van der Waals surface area contributed by atoms with E-state index in [-0.39, 0.29) is 5.91 Å². The molecule has 1 fully saturated rings. The van der Waals surface area contributed by atoms with E-state index in [0.717, 1.165) is 62.4 Å². The molecule has 1 saturated heterocycles. The number of aromatic nitrogens is 1. The summed E-state index contributed by atoms with van der Waals surface area (Å²) < 4.78 is 6.30. The van der Waals surface area contributed by atoms with Crippen molar-refractivity contribution in [1.82, 2.24) is 14.8 Å². The zero-order valence-electron chi connectivity index (χ0n) is 12.6. The molecular weight excluding hydrogens is 348 g/mol. The van der Waals surface area contributed by atoms with Crippen molar-refractivity contribution in [2.45, 2.75) is 13.0 Å². The number of morpholine rings is 1. The van der Waals surface area contributed by atoms with Crippen molar-refractivity contribution in [3.8, 4) is 0 Å². The number of anilines is 1. The third kappa shape index (κ3) is 4.25. The Labute approximate surface area is 139 Å². The van der Waals surface area contributed by atoms with Crippen LogP contribution in [0.1, 0.15) is 12.0 Å². The van der Waals surface area contributed by atoms with Crippen molar-refractivity contribution in [3.63, 3.8) is 0 Å². The Morgan fingerprint density at radius 3 is 2.82 bits per heavy atom. The number of nitrogens with zero attached hydrogens (tertiary/aromatic N) is 3. The fourth-order valence-electron chi connectivity index (χ4n) is 2.89. The Morgan fingerprint density at radius 2 is 2.00 bits per heavy atom. The zero-order valence-corrected chi connectivity index (χ0v) is 14.1.